The fourth-order valence-electron chi connectivity index (χ4n) is 3.02. The molecule has 30 heavy (non-hydrogen) atoms. The van der Waals surface area contributed by atoms with Crippen LogP contribution in [0.4, 0.5) is 19.0 Å². The number of hydrogen-bond donors (Lipinski definition) is 1. The maximum Gasteiger partial charge on any atom is 2.00 e. The molecule has 3 heterocycles. The number of aromatic nitrogens is 2. The fraction of sp³-hybridized carbons (Fsp3) is 0.389. The van der Waals surface area contributed by atoms with Crippen LogP contribution in [0.15, 0.2) is 18.2 Å². The van der Waals surface area contributed by atoms with Gasteiger partial charge in [-0.1, -0.05) is 24.2 Å². The van der Waals surface area contributed by atoms with Gasteiger partial charge in [-0.3, -0.25) is 14.7 Å². The molecule has 0 bridgehead atoms. The zero-order valence-electron chi connectivity index (χ0n) is 15.9. The second-order valence-electron chi connectivity index (χ2n) is 6.47. The maximum atomic E-state index is 12.7. The number of rotatable bonds is 3. The van der Waals surface area contributed by atoms with Gasteiger partial charge in [0.15, 0.2) is 5.91 Å². The van der Waals surface area contributed by atoms with Crippen LogP contribution in [0.1, 0.15) is 28.8 Å². The summed E-state index contributed by atoms with van der Waals surface area (Å²) >= 11 is 5.52. The van der Waals surface area contributed by atoms with Gasteiger partial charge in [-0.2, -0.15) is 20.2 Å². The molecule has 158 valence electrons. The van der Waals surface area contributed by atoms with Gasteiger partial charge >= 0.3 is 37.3 Å². The zero-order chi connectivity index (χ0) is 21.2. The van der Waals surface area contributed by atoms with E-state index in [2.05, 4.69) is 20.8 Å². The second-order valence-corrected chi connectivity index (χ2v) is 6.87. The Kier molecular flexibility index (Phi) is 8.39. The topological polar surface area (TPSA) is 94.3 Å². The van der Waals surface area contributed by atoms with Crippen LogP contribution in [0.5, 0.6) is 0 Å². The minimum atomic E-state index is -4.56. The van der Waals surface area contributed by atoms with Gasteiger partial charge in [-0.25, -0.2) is 0 Å². The molecule has 1 N–H and O–H groups in total. The molecule has 1 saturated heterocycles. The van der Waals surface area contributed by atoms with E-state index in [9.17, 15) is 22.8 Å². The fourth-order valence-corrected chi connectivity index (χ4v) is 3.25. The Labute approximate surface area is 199 Å². The van der Waals surface area contributed by atoms with Crippen LogP contribution in [0.2, 0.25) is 5.02 Å². The molecule has 0 unspecified atom stereocenters. The van der Waals surface area contributed by atoms with Crippen molar-refractivity contribution in [3.05, 3.63) is 45.0 Å². The number of carbonyl (C=O) groups is 2. The van der Waals surface area contributed by atoms with Gasteiger partial charge in [-0.15, -0.1) is 0 Å². The Morgan fingerprint density at radius 1 is 1.33 bits per heavy atom. The predicted octanol–water partition coefficient (Wildman–Crippen LogP) is 4.52. The summed E-state index contributed by atoms with van der Waals surface area (Å²) in [6.45, 7) is 2.24. The van der Waals surface area contributed by atoms with E-state index >= 15 is 0 Å². The predicted molar refractivity (Wildman–Crippen MR) is 101 cm³/mol. The number of likely N-dealkylation sites (tertiary alicyclic amines) is 1. The average Bonchev–Trinajstić information content (AvgIpc) is 3.29. The first-order valence-electron chi connectivity index (χ1n) is 8.77. The first kappa shape index (κ1) is 24.7. The Hall–Kier alpha value is -1.54. The van der Waals surface area contributed by atoms with Crippen molar-refractivity contribution in [2.75, 3.05) is 26.7 Å². The molecule has 1 fully saturated rings. The van der Waals surface area contributed by atoms with E-state index in [1.165, 1.54) is 6.07 Å². The zero-order valence-corrected chi connectivity index (χ0v) is 20.8. The van der Waals surface area contributed by atoms with Crippen molar-refractivity contribution < 1.29 is 53.9 Å². The average molecular weight is 666 g/mol. The first-order chi connectivity index (χ1) is 13.7. The van der Waals surface area contributed by atoms with Gasteiger partial charge in [0.05, 0.1) is 16.3 Å². The second kappa shape index (κ2) is 10.2. The van der Waals surface area contributed by atoms with Crippen molar-refractivity contribution >= 4 is 29.2 Å². The van der Waals surface area contributed by atoms with E-state index in [1.54, 1.807) is 7.05 Å². The van der Waals surface area contributed by atoms with Crippen LogP contribution in [-0.2, 0) is 11.0 Å². The third-order valence-corrected chi connectivity index (χ3v) is 4.80. The number of benzene rings is 1. The van der Waals surface area contributed by atoms with E-state index in [0.717, 1.165) is 38.1 Å². The molecule has 0 spiro atoms. The van der Waals surface area contributed by atoms with Crippen LogP contribution in [0.3, 0.4) is 0 Å². The number of alkyl halides is 3. The summed E-state index contributed by atoms with van der Waals surface area (Å²) in [5.41, 5.74) is -0.447. The van der Waals surface area contributed by atoms with E-state index in [0.29, 0.717) is 6.54 Å². The van der Waals surface area contributed by atoms with Crippen LogP contribution < -0.4 is 0 Å². The van der Waals surface area contributed by atoms with Gasteiger partial charge in [-0.05, 0) is 30.8 Å². The number of carbonyl (C=O) groups excluding carboxylic acids is 2. The normalized spacial score (nSPS) is 14.7. The van der Waals surface area contributed by atoms with E-state index < -0.39 is 22.7 Å². The molecule has 0 aliphatic carbocycles. The summed E-state index contributed by atoms with van der Waals surface area (Å²) in [5.74, 6) is -0.0363. The largest absolute Gasteiger partial charge is 2.00 e. The van der Waals surface area contributed by atoms with Crippen molar-refractivity contribution in [3.8, 4) is 11.3 Å². The number of fused-ring (bicyclic) bond motifs is 1. The molecule has 2 aromatic rings. The van der Waals surface area contributed by atoms with Gasteiger partial charge in [0.1, 0.15) is 0 Å². The van der Waals surface area contributed by atoms with Crippen molar-refractivity contribution in [2.45, 2.75) is 19.0 Å². The Morgan fingerprint density at radius 3 is 2.57 bits per heavy atom. The summed E-state index contributed by atoms with van der Waals surface area (Å²) in [7, 11) is 1.67. The summed E-state index contributed by atoms with van der Waals surface area (Å²) in [4.78, 5) is 24.2. The van der Waals surface area contributed by atoms with Crippen LogP contribution in [-0.4, -0.2) is 53.6 Å². The summed E-state index contributed by atoms with van der Waals surface area (Å²) in [6.07, 6.45) is -2.24. The Bertz CT molecular complexity index is 929. The SMILES string of the molecule is C[N-]CC(=O)N1CCCC1.O=C1[N-]c2[nH]nc(-c3ccc(Cl)c(C(F)(F)F)c3)c21.[U+2]. The number of H-pyrrole nitrogens is 1. The number of hydrogen-bond acceptors (Lipinski definition) is 3. The van der Waals surface area contributed by atoms with Crippen molar-refractivity contribution in [3.63, 3.8) is 0 Å². The van der Waals surface area contributed by atoms with Crippen molar-refractivity contribution in [1.29, 1.82) is 0 Å². The molecular formula is C18H17ClF3N5O2U. The van der Waals surface area contributed by atoms with Gasteiger partial charge in [0, 0.05) is 24.2 Å². The molecule has 0 atom stereocenters. The number of nitrogens with one attached hydrogen (secondary N) is 1. The molecule has 1 aromatic heterocycles. The quantitative estimate of drug-likeness (QED) is 0.523. The molecule has 2 aliphatic rings. The summed E-state index contributed by atoms with van der Waals surface area (Å²) in [5, 5.41) is 13.2. The minimum absolute atomic E-state index is 0. The molecule has 0 saturated carbocycles. The first-order valence-corrected chi connectivity index (χ1v) is 9.15. The summed E-state index contributed by atoms with van der Waals surface area (Å²) in [6, 6.07) is 3.37. The number of aromatic amines is 1. The van der Waals surface area contributed by atoms with Crippen LogP contribution in [0.25, 0.3) is 21.9 Å². The number of halogens is 4. The molecule has 2 amide bonds. The van der Waals surface area contributed by atoms with Crippen molar-refractivity contribution in [1.82, 2.24) is 15.1 Å². The number of nitrogens with zero attached hydrogens (tertiary/aromatic N) is 4. The summed E-state index contributed by atoms with van der Waals surface area (Å²) < 4.78 is 38.2. The maximum absolute atomic E-state index is 12.7. The van der Waals surface area contributed by atoms with Crippen molar-refractivity contribution in [2.24, 2.45) is 0 Å². The van der Waals surface area contributed by atoms with E-state index in [1.807, 2.05) is 4.90 Å². The monoisotopic (exact) mass is 665 g/mol. The van der Waals surface area contributed by atoms with Gasteiger partial charge in [0.25, 0.3) is 0 Å². The standard InChI is InChI=1S/C11H5ClF3N3O.C7H13N2O.U/c12-6-2-1-4(3-5(6)11(13,14)15)8-7-9(18-17-8)16-10(7)19;1-8-6-7(10)9-4-2-3-5-9;/h1-3H,(H2,16,17,18,19);2-6H2,1H3;/q;-1;+2/p-1. The third kappa shape index (κ3) is 5.38. The molecule has 12 heteroatoms. The number of likely N-dealkylation sites (N-methyl/N-ethyl adjacent to an activating group) is 1. The Morgan fingerprint density at radius 2 is 2.00 bits per heavy atom. The Balaban J connectivity index is 0.000000249. The molecular weight excluding hydrogens is 649 g/mol. The van der Waals surface area contributed by atoms with E-state index in [-0.39, 0.29) is 59.7 Å². The van der Waals surface area contributed by atoms with E-state index in [4.69, 9.17) is 11.6 Å². The number of amides is 2. The van der Waals surface area contributed by atoms with Gasteiger partial charge in [0.2, 0.25) is 5.91 Å². The third-order valence-electron chi connectivity index (χ3n) is 4.47. The smallest absolute Gasteiger partial charge is 0.657 e. The minimum Gasteiger partial charge on any atom is -0.657 e. The molecule has 1 aromatic carbocycles. The van der Waals surface area contributed by atoms with Gasteiger partial charge < -0.3 is 20.6 Å². The molecule has 7 nitrogen and oxygen atoms in total. The molecule has 0 radical (unpaired) electrons. The molecule has 4 rings (SSSR count). The van der Waals surface area contributed by atoms with Crippen LogP contribution in [0, 0.1) is 31.1 Å². The van der Waals surface area contributed by atoms with Crippen LogP contribution >= 0.6 is 11.6 Å². The molecule has 2 aliphatic heterocycles.